The van der Waals surface area contributed by atoms with Crippen LogP contribution in [0.5, 0.6) is 0 Å². The molecule has 0 atom stereocenters. The molecule has 1 aromatic carbocycles. The van der Waals surface area contributed by atoms with Crippen molar-refractivity contribution < 1.29 is 9.53 Å². The summed E-state index contributed by atoms with van der Waals surface area (Å²) in [5.41, 5.74) is 2.39. The highest BCUT2D eigenvalue weighted by atomic mass is 16.5. The summed E-state index contributed by atoms with van der Waals surface area (Å²) in [6.07, 6.45) is 2.57. The molecule has 1 aliphatic rings. The minimum absolute atomic E-state index is 0.0823. The number of benzene rings is 1. The Morgan fingerprint density at radius 1 is 1.28 bits per heavy atom. The van der Waals surface area contributed by atoms with Gasteiger partial charge in [0.25, 0.3) is 0 Å². The van der Waals surface area contributed by atoms with Crippen LogP contribution in [-0.2, 0) is 16.1 Å². The van der Waals surface area contributed by atoms with Gasteiger partial charge in [0.2, 0.25) is 5.91 Å². The van der Waals surface area contributed by atoms with Gasteiger partial charge < -0.3 is 15.0 Å². The van der Waals surface area contributed by atoms with Crippen LogP contribution in [0.3, 0.4) is 0 Å². The zero-order chi connectivity index (χ0) is 12.8. The zero-order valence-corrected chi connectivity index (χ0v) is 10.8. The Bertz CT molecular complexity index is 383. The Labute approximate surface area is 108 Å². The molecule has 0 unspecified atom stereocenters. The van der Waals surface area contributed by atoms with Gasteiger partial charge in [-0.1, -0.05) is 12.1 Å². The molecule has 0 bridgehead atoms. The topological polar surface area (TPSA) is 41.6 Å². The normalized spacial score (nSPS) is 14.8. The van der Waals surface area contributed by atoms with Crippen molar-refractivity contribution in [3.63, 3.8) is 0 Å². The molecule has 0 spiro atoms. The number of hydrogen-bond acceptors (Lipinski definition) is 3. The number of anilines is 1. The minimum atomic E-state index is -0.0823. The van der Waals surface area contributed by atoms with E-state index in [1.54, 1.807) is 0 Å². The lowest BCUT2D eigenvalue weighted by Crippen LogP contribution is -2.26. The summed E-state index contributed by atoms with van der Waals surface area (Å²) >= 11 is 0. The first-order valence-electron chi connectivity index (χ1n) is 6.39. The van der Waals surface area contributed by atoms with Crippen LogP contribution in [0.1, 0.15) is 18.4 Å². The average Bonchev–Trinajstić information content (AvgIpc) is 2.91. The highest BCUT2D eigenvalue weighted by Crippen LogP contribution is 2.20. The van der Waals surface area contributed by atoms with Gasteiger partial charge in [-0.05, 0) is 30.5 Å². The highest BCUT2D eigenvalue weighted by molar-refractivity contribution is 5.77. The fourth-order valence-electron chi connectivity index (χ4n) is 2.18. The van der Waals surface area contributed by atoms with Crippen LogP contribution in [0.2, 0.25) is 0 Å². The van der Waals surface area contributed by atoms with Gasteiger partial charge in [0, 0.05) is 32.4 Å². The van der Waals surface area contributed by atoms with Crippen molar-refractivity contribution in [2.24, 2.45) is 0 Å². The Hall–Kier alpha value is -1.55. The van der Waals surface area contributed by atoms with Gasteiger partial charge in [0.05, 0.1) is 0 Å². The summed E-state index contributed by atoms with van der Waals surface area (Å²) in [5.74, 6) is -0.0823. The second-order valence-corrected chi connectivity index (χ2v) is 4.57. The molecule has 0 radical (unpaired) electrons. The molecule has 0 aliphatic carbocycles. The number of ether oxygens (including phenoxy) is 1. The summed E-state index contributed by atoms with van der Waals surface area (Å²) < 4.78 is 4.76. The van der Waals surface area contributed by atoms with E-state index in [1.165, 1.54) is 25.6 Å². The van der Waals surface area contributed by atoms with Crippen LogP contribution in [0.15, 0.2) is 24.3 Å². The molecule has 18 heavy (non-hydrogen) atoms. The molecule has 1 fully saturated rings. The first kappa shape index (κ1) is 12.9. The maximum atomic E-state index is 11.2. The minimum Gasteiger partial charge on any atom is -0.375 e. The smallest absolute Gasteiger partial charge is 0.246 e. The number of amides is 1. The Kier molecular flexibility index (Phi) is 4.59. The number of hydrogen-bond donors (Lipinski definition) is 1. The monoisotopic (exact) mass is 248 g/mol. The molecule has 0 aromatic heterocycles. The van der Waals surface area contributed by atoms with Crippen molar-refractivity contribution in [1.29, 1.82) is 0 Å². The quantitative estimate of drug-likeness (QED) is 0.859. The molecule has 1 heterocycles. The number of carbonyl (C=O) groups excluding carboxylic acids is 1. The molecule has 4 nitrogen and oxygen atoms in total. The third-order valence-corrected chi connectivity index (χ3v) is 3.17. The van der Waals surface area contributed by atoms with Gasteiger partial charge in [-0.3, -0.25) is 4.79 Å². The largest absolute Gasteiger partial charge is 0.375 e. The number of carbonyl (C=O) groups is 1. The van der Waals surface area contributed by atoms with Crippen LogP contribution in [0, 0.1) is 0 Å². The Morgan fingerprint density at radius 2 is 1.94 bits per heavy atom. The van der Waals surface area contributed by atoms with E-state index >= 15 is 0 Å². The highest BCUT2D eigenvalue weighted by Gasteiger charge is 2.11. The lowest BCUT2D eigenvalue weighted by Gasteiger charge is -2.17. The molecule has 1 amide bonds. The van der Waals surface area contributed by atoms with Crippen molar-refractivity contribution in [1.82, 2.24) is 5.32 Å². The average molecular weight is 248 g/mol. The van der Waals surface area contributed by atoms with Crippen LogP contribution in [-0.4, -0.2) is 32.7 Å². The van der Waals surface area contributed by atoms with E-state index in [1.807, 2.05) is 0 Å². The standard InChI is InChI=1S/C14H20N2O2/c1-18-11-14(17)15-10-12-4-6-13(7-5-12)16-8-2-3-9-16/h4-7H,2-3,8-11H2,1H3,(H,15,17). The van der Waals surface area contributed by atoms with Gasteiger partial charge in [0.15, 0.2) is 0 Å². The number of nitrogens with zero attached hydrogens (tertiary/aromatic N) is 1. The predicted octanol–water partition coefficient (Wildman–Crippen LogP) is 1.55. The van der Waals surface area contributed by atoms with Gasteiger partial charge in [-0.15, -0.1) is 0 Å². The summed E-state index contributed by atoms with van der Waals surface area (Å²) in [7, 11) is 1.52. The summed E-state index contributed by atoms with van der Waals surface area (Å²) in [6, 6.07) is 8.40. The molecular weight excluding hydrogens is 228 g/mol. The molecule has 98 valence electrons. The summed E-state index contributed by atoms with van der Waals surface area (Å²) in [6.45, 7) is 2.99. The van der Waals surface area contributed by atoms with Crippen molar-refractivity contribution in [3.05, 3.63) is 29.8 Å². The Balaban J connectivity index is 1.85. The Morgan fingerprint density at radius 3 is 2.56 bits per heavy atom. The summed E-state index contributed by atoms with van der Waals surface area (Å²) in [4.78, 5) is 13.6. The second kappa shape index (κ2) is 6.40. The zero-order valence-electron chi connectivity index (χ0n) is 10.8. The lowest BCUT2D eigenvalue weighted by molar-refractivity contribution is -0.124. The van der Waals surface area contributed by atoms with Crippen LogP contribution < -0.4 is 10.2 Å². The van der Waals surface area contributed by atoms with Gasteiger partial charge in [-0.2, -0.15) is 0 Å². The van der Waals surface area contributed by atoms with Crippen molar-refractivity contribution in [3.8, 4) is 0 Å². The number of rotatable bonds is 5. The maximum Gasteiger partial charge on any atom is 0.246 e. The molecule has 4 heteroatoms. The second-order valence-electron chi connectivity index (χ2n) is 4.57. The molecule has 2 rings (SSSR count). The van der Waals surface area contributed by atoms with E-state index in [2.05, 4.69) is 34.5 Å². The van der Waals surface area contributed by atoms with E-state index in [-0.39, 0.29) is 12.5 Å². The first-order chi connectivity index (χ1) is 8.79. The van der Waals surface area contributed by atoms with E-state index in [0.717, 1.165) is 18.7 Å². The predicted molar refractivity (Wildman–Crippen MR) is 71.6 cm³/mol. The fourth-order valence-corrected chi connectivity index (χ4v) is 2.18. The first-order valence-corrected chi connectivity index (χ1v) is 6.39. The van der Waals surface area contributed by atoms with Crippen LogP contribution in [0.4, 0.5) is 5.69 Å². The molecule has 0 saturated carbocycles. The van der Waals surface area contributed by atoms with E-state index in [4.69, 9.17) is 4.74 Å². The molecular formula is C14H20N2O2. The van der Waals surface area contributed by atoms with Crippen molar-refractivity contribution >= 4 is 11.6 Å². The summed E-state index contributed by atoms with van der Waals surface area (Å²) in [5, 5.41) is 2.81. The van der Waals surface area contributed by atoms with E-state index < -0.39 is 0 Å². The number of nitrogens with one attached hydrogen (secondary N) is 1. The third kappa shape index (κ3) is 3.47. The van der Waals surface area contributed by atoms with Crippen LogP contribution in [0.25, 0.3) is 0 Å². The van der Waals surface area contributed by atoms with Gasteiger partial charge in [0.1, 0.15) is 6.61 Å². The fraction of sp³-hybridized carbons (Fsp3) is 0.500. The van der Waals surface area contributed by atoms with Crippen molar-refractivity contribution in [2.45, 2.75) is 19.4 Å². The van der Waals surface area contributed by atoms with E-state index in [9.17, 15) is 4.79 Å². The van der Waals surface area contributed by atoms with E-state index in [0.29, 0.717) is 6.54 Å². The van der Waals surface area contributed by atoms with Crippen LogP contribution >= 0.6 is 0 Å². The molecule has 1 aliphatic heterocycles. The van der Waals surface area contributed by atoms with Crippen molar-refractivity contribution in [2.75, 3.05) is 31.7 Å². The lowest BCUT2D eigenvalue weighted by atomic mass is 10.2. The molecule has 1 aromatic rings. The molecule has 1 N–H and O–H groups in total. The third-order valence-electron chi connectivity index (χ3n) is 3.17. The SMILES string of the molecule is COCC(=O)NCc1ccc(N2CCCC2)cc1. The maximum absolute atomic E-state index is 11.2. The number of methoxy groups -OCH3 is 1. The molecule has 1 saturated heterocycles. The van der Waals surface area contributed by atoms with Gasteiger partial charge >= 0.3 is 0 Å². The van der Waals surface area contributed by atoms with Gasteiger partial charge in [-0.25, -0.2) is 0 Å².